The van der Waals surface area contributed by atoms with Crippen molar-refractivity contribution >= 4 is 16.9 Å². The van der Waals surface area contributed by atoms with Gasteiger partial charge in [0.05, 0.1) is 24.9 Å². The lowest BCUT2D eigenvalue weighted by Gasteiger charge is -2.03. The van der Waals surface area contributed by atoms with Crippen LogP contribution in [0.1, 0.15) is 28.5 Å². The number of fused-ring (bicyclic) bond motifs is 1. The van der Waals surface area contributed by atoms with Crippen LogP contribution in [0.15, 0.2) is 36.7 Å². The molecule has 2 heterocycles. The lowest BCUT2D eigenvalue weighted by Crippen LogP contribution is -2.04. The van der Waals surface area contributed by atoms with Crippen LogP contribution in [-0.4, -0.2) is 26.9 Å². The molecule has 0 aliphatic rings. The molecule has 3 aromatic rings. The number of hydrogen-bond acceptors (Lipinski definition) is 3. The highest BCUT2D eigenvalue weighted by Crippen LogP contribution is 2.20. The second-order valence-electron chi connectivity index (χ2n) is 5.38. The molecule has 0 saturated heterocycles. The van der Waals surface area contributed by atoms with Crippen LogP contribution in [0.25, 0.3) is 10.9 Å². The second-order valence-corrected chi connectivity index (χ2v) is 5.38. The quantitative estimate of drug-likeness (QED) is 0.696. The predicted octanol–water partition coefficient (Wildman–Crippen LogP) is 2.91. The molecule has 0 radical (unpaired) electrons. The third-order valence-electron chi connectivity index (χ3n) is 3.84. The fraction of sp³-hybridized carbons (Fsp3) is 0.294. The van der Waals surface area contributed by atoms with Crippen molar-refractivity contribution in [1.29, 1.82) is 0 Å². The van der Waals surface area contributed by atoms with Crippen molar-refractivity contribution in [3.8, 4) is 0 Å². The highest BCUT2D eigenvalue weighted by atomic mass is 16.5. The molecule has 22 heavy (non-hydrogen) atoms. The van der Waals surface area contributed by atoms with Crippen LogP contribution in [0.4, 0.5) is 0 Å². The first kappa shape index (κ1) is 14.4. The number of carbonyl (C=O) groups is 1. The molecule has 0 saturated carbocycles. The fourth-order valence-corrected chi connectivity index (χ4v) is 2.59. The Balaban J connectivity index is 1.82. The summed E-state index contributed by atoms with van der Waals surface area (Å²) < 4.78 is 8.90. The van der Waals surface area contributed by atoms with Gasteiger partial charge in [0.2, 0.25) is 0 Å². The Kier molecular flexibility index (Phi) is 3.71. The molecule has 114 valence electrons. The van der Waals surface area contributed by atoms with E-state index in [-0.39, 0.29) is 5.97 Å². The minimum Gasteiger partial charge on any atom is -0.462 e. The SMILES string of the molecule is CCOC(=O)c1cnn(Cc2ccc3c(c2)cc(C)n3C)c1. The molecule has 5 heteroatoms. The van der Waals surface area contributed by atoms with Crippen LogP contribution in [0.5, 0.6) is 0 Å². The van der Waals surface area contributed by atoms with Crippen LogP contribution in [-0.2, 0) is 18.3 Å². The summed E-state index contributed by atoms with van der Waals surface area (Å²) in [6, 6.07) is 8.54. The van der Waals surface area contributed by atoms with Gasteiger partial charge >= 0.3 is 5.97 Å². The monoisotopic (exact) mass is 297 g/mol. The van der Waals surface area contributed by atoms with Crippen molar-refractivity contribution in [3.63, 3.8) is 0 Å². The third-order valence-corrected chi connectivity index (χ3v) is 3.84. The second kappa shape index (κ2) is 5.67. The Morgan fingerprint density at radius 3 is 2.91 bits per heavy atom. The number of esters is 1. The van der Waals surface area contributed by atoms with E-state index in [2.05, 4.69) is 47.9 Å². The molecule has 3 rings (SSSR count). The first-order valence-corrected chi connectivity index (χ1v) is 7.33. The Morgan fingerprint density at radius 1 is 1.32 bits per heavy atom. The maximum Gasteiger partial charge on any atom is 0.341 e. The zero-order valence-corrected chi connectivity index (χ0v) is 13.0. The van der Waals surface area contributed by atoms with Crippen molar-refractivity contribution in [2.24, 2.45) is 7.05 Å². The Bertz CT molecular complexity index is 830. The normalized spacial score (nSPS) is 11.0. The van der Waals surface area contributed by atoms with Gasteiger partial charge in [-0.3, -0.25) is 4.68 Å². The van der Waals surface area contributed by atoms with Gasteiger partial charge in [-0.1, -0.05) is 6.07 Å². The average Bonchev–Trinajstić information content (AvgIpc) is 3.05. The van der Waals surface area contributed by atoms with E-state index in [0.29, 0.717) is 18.7 Å². The Morgan fingerprint density at radius 2 is 2.14 bits per heavy atom. The number of ether oxygens (including phenoxy) is 1. The van der Waals surface area contributed by atoms with Crippen LogP contribution in [0, 0.1) is 6.92 Å². The summed E-state index contributed by atoms with van der Waals surface area (Å²) in [5.74, 6) is -0.331. The van der Waals surface area contributed by atoms with Gasteiger partial charge in [0.25, 0.3) is 0 Å². The van der Waals surface area contributed by atoms with Crippen molar-refractivity contribution in [2.75, 3.05) is 6.61 Å². The number of nitrogens with zero attached hydrogens (tertiary/aromatic N) is 3. The van der Waals surface area contributed by atoms with Gasteiger partial charge in [-0.15, -0.1) is 0 Å². The maximum atomic E-state index is 11.6. The number of carbonyl (C=O) groups excluding carboxylic acids is 1. The van der Waals surface area contributed by atoms with Crippen LogP contribution in [0.3, 0.4) is 0 Å². The summed E-state index contributed by atoms with van der Waals surface area (Å²) in [5.41, 5.74) is 4.08. The molecule has 0 amide bonds. The standard InChI is InChI=1S/C17H19N3O2/c1-4-22-17(21)15-9-18-20(11-15)10-13-5-6-16-14(8-13)7-12(2)19(16)3/h5-9,11H,4,10H2,1-3H3. The van der Waals surface area contributed by atoms with Crippen molar-refractivity contribution in [2.45, 2.75) is 20.4 Å². The Labute approximate surface area is 129 Å². The lowest BCUT2D eigenvalue weighted by molar-refractivity contribution is 0.0526. The van der Waals surface area contributed by atoms with E-state index in [4.69, 9.17) is 4.74 Å². The first-order valence-electron chi connectivity index (χ1n) is 7.33. The molecule has 0 aliphatic heterocycles. The van der Waals surface area contributed by atoms with E-state index in [0.717, 1.165) is 5.56 Å². The number of rotatable bonds is 4. The fourth-order valence-electron chi connectivity index (χ4n) is 2.59. The van der Waals surface area contributed by atoms with Gasteiger partial charge in [0.15, 0.2) is 0 Å². The summed E-state index contributed by atoms with van der Waals surface area (Å²) >= 11 is 0. The van der Waals surface area contributed by atoms with Crippen molar-refractivity contribution in [3.05, 3.63) is 53.5 Å². The zero-order valence-electron chi connectivity index (χ0n) is 13.0. The minimum absolute atomic E-state index is 0.331. The molecule has 0 bridgehead atoms. The largest absolute Gasteiger partial charge is 0.462 e. The number of aromatic nitrogens is 3. The molecule has 0 spiro atoms. The van der Waals surface area contributed by atoms with Crippen LogP contribution >= 0.6 is 0 Å². The summed E-state index contributed by atoms with van der Waals surface area (Å²) in [6.07, 6.45) is 3.27. The Hall–Kier alpha value is -2.56. The smallest absolute Gasteiger partial charge is 0.341 e. The molecule has 2 aromatic heterocycles. The van der Waals surface area contributed by atoms with Gasteiger partial charge in [-0.05, 0) is 37.6 Å². The molecule has 0 atom stereocenters. The topological polar surface area (TPSA) is 49.0 Å². The minimum atomic E-state index is -0.331. The molecule has 1 aromatic carbocycles. The van der Waals surface area contributed by atoms with Crippen molar-refractivity contribution < 1.29 is 9.53 Å². The van der Waals surface area contributed by atoms with Gasteiger partial charge in [-0.25, -0.2) is 4.79 Å². The van der Waals surface area contributed by atoms with E-state index in [1.807, 2.05) is 0 Å². The molecule has 0 fully saturated rings. The van der Waals surface area contributed by atoms with E-state index in [1.54, 1.807) is 24.0 Å². The maximum absolute atomic E-state index is 11.6. The molecule has 5 nitrogen and oxygen atoms in total. The lowest BCUT2D eigenvalue weighted by atomic mass is 10.1. The number of benzene rings is 1. The number of hydrogen-bond donors (Lipinski definition) is 0. The van der Waals surface area contributed by atoms with Gasteiger partial charge in [0.1, 0.15) is 0 Å². The van der Waals surface area contributed by atoms with Crippen LogP contribution in [0.2, 0.25) is 0 Å². The van der Waals surface area contributed by atoms with Gasteiger partial charge < -0.3 is 9.30 Å². The molecule has 0 aliphatic carbocycles. The van der Waals surface area contributed by atoms with E-state index in [9.17, 15) is 4.79 Å². The van der Waals surface area contributed by atoms with Gasteiger partial charge in [0, 0.05) is 29.8 Å². The summed E-state index contributed by atoms with van der Waals surface area (Å²) in [4.78, 5) is 11.6. The number of aryl methyl sites for hydroxylation is 2. The van der Waals surface area contributed by atoms with Crippen molar-refractivity contribution in [1.82, 2.24) is 14.3 Å². The average molecular weight is 297 g/mol. The molecular formula is C17H19N3O2. The highest BCUT2D eigenvalue weighted by Gasteiger charge is 2.10. The van der Waals surface area contributed by atoms with Gasteiger partial charge in [-0.2, -0.15) is 5.10 Å². The highest BCUT2D eigenvalue weighted by molar-refractivity contribution is 5.88. The van der Waals surface area contributed by atoms with Crippen LogP contribution < -0.4 is 0 Å². The molecular weight excluding hydrogens is 278 g/mol. The van der Waals surface area contributed by atoms with E-state index in [1.165, 1.54) is 16.6 Å². The van der Waals surface area contributed by atoms with E-state index >= 15 is 0 Å². The summed E-state index contributed by atoms with van der Waals surface area (Å²) in [5, 5.41) is 5.45. The third kappa shape index (κ3) is 2.62. The first-order chi connectivity index (χ1) is 10.6. The molecule has 0 N–H and O–H groups in total. The predicted molar refractivity (Wildman–Crippen MR) is 84.9 cm³/mol. The zero-order chi connectivity index (χ0) is 15.7. The summed E-state index contributed by atoms with van der Waals surface area (Å²) in [7, 11) is 2.07. The van der Waals surface area contributed by atoms with E-state index < -0.39 is 0 Å². The summed E-state index contributed by atoms with van der Waals surface area (Å²) in [6.45, 7) is 4.88. The molecule has 0 unspecified atom stereocenters.